The number of methoxy groups -OCH3 is 1. The quantitative estimate of drug-likeness (QED) is 0.680. The minimum Gasteiger partial charge on any atom is -0.491 e. The van der Waals surface area contributed by atoms with Crippen LogP contribution in [0.4, 0.5) is 5.69 Å². The van der Waals surface area contributed by atoms with Crippen LogP contribution >= 0.6 is 0 Å². The van der Waals surface area contributed by atoms with Crippen LogP contribution in [0.3, 0.4) is 0 Å². The zero-order chi connectivity index (χ0) is 25.5. The molecule has 1 aliphatic heterocycles. The lowest BCUT2D eigenvalue weighted by atomic mass is 9.99. The standard InChI is InChI=1S/C27H41N3O5/c1-6-9-25(31)28-21-12-13-23-22(14-21)27(33)29(4)16-24(34-5)18(2)15-30(19(3)17-35-23)26(32)20-10-7-8-11-20/h12-14,18-20,24H,6-11,15-17H2,1-5H3,(H,28,31)/t18-,19-,24+/m1/s1. The van der Waals surface area contributed by atoms with Gasteiger partial charge in [0.1, 0.15) is 12.4 Å². The summed E-state index contributed by atoms with van der Waals surface area (Å²) in [6.45, 7) is 7.21. The van der Waals surface area contributed by atoms with Crippen LogP contribution in [0.15, 0.2) is 18.2 Å². The lowest BCUT2D eigenvalue weighted by Gasteiger charge is -2.37. The second-order valence-electron chi connectivity index (χ2n) is 10.1. The fourth-order valence-electron chi connectivity index (χ4n) is 5.02. The molecule has 1 heterocycles. The number of nitrogens with one attached hydrogen (secondary N) is 1. The topological polar surface area (TPSA) is 88.2 Å². The minimum atomic E-state index is -0.230. The van der Waals surface area contributed by atoms with Crippen molar-refractivity contribution in [2.75, 3.05) is 39.2 Å². The Morgan fingerprint density at radius 2 is 1.89 bits per heavy atom. The highest BCUT2D eigenvalue weighted by Crippen LogP contribution is 2.30. The first-order chi connectivity index (χ1) is 16.7. The first-order valence-corrected chi connectivity index (χ1v) is 12.9. The number of hydrogen-bond acceptors (Lipinski definition) is 5. The van der Waals surface area contributed by atoms with Crippen LogP contribution in [0.2, 0.25) is 0 Å². The first kappa shape index (κ1) is 27.0. The molecule has 8 nitrogen and oxygen atoms in total. The maximum atomic E-state index is 13.5. The number of anilines is 1. The van der Waals surface area contributed by atoms with Crippen LogP contribution in [0.5, 0.6) is 5.75 Å². The zero-order valence-corrected chi connectivity index (χ0v) is 21.8. The molecule has 1 aromatic carbocycles. The van der Waals surface area contributed by atoms with E-state index in [2.05, 4.69) is 12.2 Å². The number of hydrogen-bond donors (Lipinski definition) is 1. The molecule has 0 bridgehead atoms. The van der Waals surface area contributed by atoms with Gasteiger partial charge in [-0.2, -0.15) is 0 Å². The molecule has 8 heteroatoms. The molecule has 1 saturated carbocycles. The van der Waals surface area contributed by atoms with Crippen molar-refractivity contribution in [3.63, 3.8) is 0 Å². The van der Waals surface area contributed by atoms with Gasteiger partial charge in [-0.15, -0.1) is 0 Å². The average molecular weight is 488 g/mol. The summed E-state index contributed by atoms with van der Waals surface area (Å²) in [4.78, 5) is 42.6. The van der Waals surface area contributed by atoms with Gasteiger partial charge in [-0.1, -0.05) is 26.7 Å². The van der Waals surface area contributed by atoms with E-state index in [1.807, 2.05) is 18.7 Å². The van der Waals surface area contributed by atoms with Gasteiger partial charge in [0, 0.05) is 51.2 Å². The number of amides is 3. The Bertz CT molecular complexity index is 899. The van der Waals surface area contributed by atoms with Gasteiger partial charge in [0.05, 0.1) is 17.7 Å². The second-order valence-corrected chi connectivity index (χ2v) is 10.1. The number of benzene rings is 1. The molecular weight excluding hydrogens is 446 g/mol. The molecule has 3 atom stereocenters. The van der Waals surface area contributed by atoms with Crippen molar-refractivity contribution in [3.05, 3.63) is 23.8 Å². The van der Waals surface area contributed by atoms with Crippen molar-refractivity contribution in [1.29, 1.82) is 0 Å². The van der Waals surface area contributed by atoms with E-state index in [4.69, 9.17) is 9.47 Å². The van der Waals surface area contributed by atoms with E-state index in [-0.39, 0.29) is 48.3 Å². The van der Waals surface area contributed by atoms with Crippen LogP contribution in [0, 0.1) is 11.8 Å². The molecule has 1 N–H and O–H groups in total. The molecule has 0 aromatic heterocycles. The van der Waals surface area contributed by atoms with Gasteiger partial charge in [0.25, 0.3) is 5.91 Å². The lowest BCUT2D eigenvalue weighted by Crippen LogP contribution is -2.50. The largest absolute Gasteiger partial charge is 0.491 e. The van der Waals surface area contributed by atoms with E-state index in [9.17, 15) is 14.4 Å². The van der Waals surface area contributed by atoms with E-state index in [1.54, 1.807) is 37.3 Å². The minimum absolute atomic E-state index is 0.0293. The van der Waals surface area contributed by atoms with Crippen LogP contribution in [-0.4, -0.2) is 73.5 Å². The third-order valence-electron chi connectivity index (χ3n) is 7.19. The van der Waals surface area contributed by atoms with Crippen LogP contribution in [0.1, 0.15) is 69.7 Å². The Hall–Kier alpha value is -2.61. The van der Waals surface area contributed by atoms with Crippen molar-refractivity contribution >= 4 is 23.4 Å². The normalized spacial score (nSPS) is 24.3. The Kier molecular flexibility index (Phi) is 9.55. The van der Waals surface area contributed by atoms with Gasteiger partial charge < -0.3 is 24.6 Å². The Labute approximate surface area is 209 Å². The molecule has 1 fully saturated rings. The monoisotopic (exact) mass is 487 g/mol. The Balaban J connectivity index is 1.92. The predicted molar refractivity (Wildman–Crippen MR) is 136 cm³/mol. The number of rotatable bonds is 5. The number of carbonyl (C=O) groups excluding carboxylic acids is 3. The summed E-state index contributed by atoms with van der Waals surface area (Å²) in [5.74, 6) is 0.443. The van der Waals surface area contributed by atoms with Crippen molar-refractivity contribution < 1.29 is 23.9 Å². The van der Waals surface area contributed by atoms with Gasteiger partial charge >= 0.3 is 0 Å². The number of carbonyl (C=O) groups is 3. The Morgan fingerprint density at radius 1 is 1.17 bits per heavy atom. The number of likely N-dealkylation sites (N-methyl/N-ethyl adjacent to an activating group) is 1. The van der Waals surface area contributed by atoms with Gasteiger partial charge in [-0.3, -0.25) is 14.4 Å². The average Bonchev–Trinajstić information content (AvgIpc) is 3.38. The SMILES string of the molecule is CCCC(=O)Nc1ccc2c(c1)C(=O)N(C)C[C@H](OC)[C@H](C)CN(C(=O)C1CCCC1)[C@H](C)CO2. The summed E-state index contributed by atoms with van der Waals surface area (Å²) >= 11 is 0. The summed E-state index contributed by atoms with van der Waals surface area (Å²) in [5.41, 5.74) is 0.938. The fraction of sp³-hybridized carbons (Fsp3) is 0.667. The van der Waals surface area contributed by atoms with Crippen LogP contribution in [0.25, 0.3) is 0 Å². The highest BCUT2D eigenvalue weighted by Gasteiger charge is 2.34. The van der Waals surface area contributed by atoms with E-state index >= 15 is 0 Å². The summed E-state index contributed by atoms with van der Waals surface area (Å²) in [6, 6.07) is 4.98. The smallest absolute Gasteiger partial charge is 0.257 e. The summed E-state index contributed by atoms with van der Waals surface area (Å²) < 4.78 is 11.9. The third kappa shape index (κ3) is 6.75. The maximum Gasteiger partial charge on any atom is 0.257 e. The first-order valence-electron chi connectivity index (χ1n) is 12.9. The molecule has 3 amide bonds. The molecule has 1 aromatic rings. The molecule has 0 radical (unpaired) electrons. The number of nitrogens with zero attached hydrogens (tertiary/aromatic N) is 2. The molecule has 3 rings (SSSR count). The highest BCUT2D eigenvalue weighted by molar-refractivity contribution is 5.99. The third-order valence-corrected chi connectivity index (χ3v) is 7.19. The van der Waals surface area contributed by atoms with Gasteiger partial charge in [-0.25, -0.2) is 0 Å². The van der Waals surface area contributed by atoms with E-state index < -0.39 is 0 Å². The van der Waals surface area contributed by atoms with Crippen molar-refractivity contribution in [3.8, 4) is 5.75 Å². The second kappa shape index (κ2) is 12.4. The van der Waals surface area contributed by atoms with Crippen LogP contribution in [-0.2, 0) is 14.3 Å². The van der Waals surface area contributed by atoms with Crippen molar-refractivity contribution in [2.45, 2.75) is 71.4 Å². The number of ether oxygens (including phenoxy) is 2. The van der Waals surface area contributed by atoms with Gasteiger partial charge in [0.2, 0.25) is 11.8 Å². The predicted octanol–water partition coefficient (Wildman–Crippen LogP) is 3.95. The van der Waals surface area contributed by atoms with E-state index in [0.29, 0.717) is 36.5 Å². The van der Waals surface area contributed by atoms with Crippen molar-refractivity contribution in [1.82, 2.24) is 9.80 Å². The highest BCUT2D eigenvalue weighted by atomic mass is 16.5. The number of fused-ring (bicyclic) bond motifs is 1. The molecule has 0 unspecified atom stereocenters. The molecule has 1 aliphatic carbocycles. The summed E-state index contributed by atoms with van der Waals surface area (Å²) in [7, 11) is 3.39. The maximum absolute atomic E-state index is 13.5. The van der Waals surface area contributed by atoms with E-state index in [1.165, 1.54) is 0 Å². The lowest BCUT2D eigenvalue weighted by molar-refractivity contribution is -0.139. The molecule has 0 spiro atoms. The van der Waals surface area contributed by atoms with Crippen LogP contribution < -0.4 is 10.1 Å². The van der Waals surface area contributed by atoms with Crippen molar-refractivity contribution in [2.24, 2.45) is 11.8 Å². The van der Waals surface area contributed by atoms with Gasteiger partial charge in [0.15, 0.2) is 0 Å². The Morgan fingerprint density at radius 3 is 2.54 bits per heavy atom. The molecule has 35 heavy (non-hydrogen) atoms. The molecule has 0 saturated heterocycles. The summed E-state index contributed by atoms with van der Waals surface area (Å²) in [5, 5.41) is 2.86. The molecule has 2 aliphatic rings. The molecule has 194 valence electrons. The summed E-state index contributed by atoms with van der Waals surface area (Å²) in [6.07, 6.45) is 5.01. The van der Waals surface area contributed by atoms with Gasteiger partial charge in [-0.05, 0) is 44.4 Å². The fourth-order valence-corrected chi connectivity index (χ4v) is 5.02. The zero-order valence-electron chi connectivity index (χ0n) is 21.8. The molecular formula is C27H41N3O5. The van der Waals surface area contributed by atoms with E-state index in [0.717, 1.165) is 32.1 Å².